The highest BCUT2D eigenvalue weighted by Crippen LogP contribution is 2.01. The van der Waals surface area contributed by atoms with Crippen LogP contribution in [0.15, 0.2) is 9.98 Å². The molecule has 0 aromatic rings. The zero-order chi connectivity index (χ0) is 8.55. The summed E-state index contributed by atoms with van der Waals surface area (Å²) in [7, 11) is 3.79. The summed E-state index contributed by atoms with van der Waals surface area (Å²) in [6, 6.07) is -0.306. The molecule has 3 atom stereocenters. The van der Waals surface area contributed by atoms with Crippen molar-refractivity contribution < 1.29 is 9.69 Å². The Balaban J connectivity index is 2.23. The number of carbonyl (C=O) groups is 1. The van der Waals surface area contributed by atoms with E-state index < -0.39 is 0 Å². The van der Waals surface area contributed by atoms with Gasteiger partial charge in [0.05, 0.1) is 6.34 Å². The Morgan fingerprint density at radius 1 is 1.75 bits per heavy atom. The van der Waals surface area contributed by atoms with Crippen LogP contribution in [-0.2, 0) is 4.79 Å². The summed E-state index contributed by atoms with van der Waals surface area (Å²) >= 11 is 0. The van der Waals surface area contributed by atoms with E-state index in [0.717, 1.165) is 4.90 Å². The van der Waals surface area contributed by atoms with Crippen molar-refractivity contribution >= 4 is 18.5 Å². The van der Waals surface area contributed by atoms with Crippen molar-refractivity contribution in [1.29, 1.82) is 0 Å². The topological polar surface area (TPSA) is 58.3 Å². The first-order valence-corrected chi connectivity index (χ1v) is 3.78. The van der Waals surface area contributed by atoms with Crippen molar-refractivity contribution in [3.05, 3.63) is 7.05 Å². The third kappa shape index (κ3) is 1.02. The highest BCUT2D eigenvalue weighted by atomic mass is 16.1. The SMILES string of the molecule is [CH2-][NH+]1C=NC2C(=O)CN=CNC21. The van der Waals surface area contributed by atoms with Crippen molar-refractivity contribution in [2.75, 3.05) is 6.54 Å². The Morgan fingerprint density at radius 2 is 2.58 bits per heavy atom. The van der Waals surface area contributed by atoms with Crippen molar-refractivity contribution in [2.45, 2.75) is 12.2 Å². The molecule has 0 aliphatic carbocycles. The lowest BCUT2D eigenvalue weighted by Crippen LogP contribution is -3.11. The molecule has 2 heterocycles. The maximum absolute atomic E-state index is 11.3. The number of carbonyl (C=O) groups excluding carboxylic acids is 1. The van der Waals surface area contributed by atoms with Gasteiger partial charge in [-0.05, 0) is 0 Å². The van der Waals surface area contributed by atoms with Gasteiger partial charge in [-0.3, -0.25) is 9.79 Å². The number of Topliss-reactive ketones (excluding diaryl/α,β-unsaturated/α-hetero) is 1. The largest absolute Gasteiger partial charge is 0.403 e. The fourth-order valence-electron chi connectivity index (χ4n) is 1.37. The van der Waals surface area contributed by atoms with Gasteiger partial charge in [0.25, 0.3) is 0 Å². The van der Waals surface area contributed by atoms with Gasteiger partial charge < -0.3 is 10.2 Å². The summed E-state index contributed by atoms with van der Waals surface area (Å²) in [5.74, 6) is 0.0520. The van der Waals surface area contributed by atoms with E-state index >= 15 is 0 Å². The molecule has 2 N–H and O–H groups in total. The maximum Gasteiger partial charge on any atom is 0.187 e. The van der Waals surface area contributed by atoms with Crippen LogP contribution in [0.5, 0.6) is 0 Å². The number of nitrogens with one attached hydrogen (secondary N) is 2. The first kappa shape index (κ1) is 7.42. The molecule has 0 spiro atoms. The van der Waals surface area contributed by atoms with Crippen molar-refractivity contribution in [3.8, 4) is 0 Å². The number of aliphatic imine (C=N–C) groups is 2. The summed E-state index contributed by atoms with van der Waals surface area (Å²) in [5.41, 5.74) is 0. The number of hydrogen-bond donors (Lipinski definition) is 2. The van der Waals surface area contributed by atoms with E-state index in [-0.39, 0.29) is 24.5 Å². The molecule has 2 rings (SSSR count). The normalized spacial score (nSPS) is 39.1. The Labute approximate surface area is 70.2 Å². The molecule has 0 saturated carbocycles. The molecule has 0 saturated heterocycles. The van der Waals surface area contributed by atoms with Gasteiger partial charge in [-0.25, -0.2) is 4.99 Å². The average molecular weight is 166 g/mol. The Bertz CT molecular complexity index is 260. The summed E-state index contributed by atoms with van der Waals surface area (Å²) in [4.78, 5) is 20.1. The fraction of sp³-hybridized carbons (Fsp3) is 0.429. The third-order valence-corrected chi connectivity index (χ3v) is 2.04. The third-order valence-electron chi connectivity index (χ3n) is 2.04. The van der Waals surface area contributed by atoms with Crippen molar-refractivity contribution in [3.63, 3.8) is 0 Å². The van der Waals surface area contributed by atoms with E-state index in [2.05, 4.69) is 22.3 Å². The molecule has 0 radical (unpaired) electrons. The predicted molar refractivity (Wildman–Crippen MR) is 43.9 cm³/mol. The van der Waals surface area contributed by atoms with Crippen LogP contribution >= 0.6 is 0 Å². The Morgan fingerprint density at radius 3 is 3.42 bits per heavy atom. The fourth-order valence-corrected chi connectivity index (χ4v) is 1.37. The van der Waals surface area contributed by atoms with E-state index in [1.807, 2.05) is 0 Å². The van der Waals surface area contributed by atoms with Crippen LogP contribution in [0, 0.1) is 7.05 Å². The number of quaternary nitrogens is 1. The molecule has 0 aromatic carbocycles. The minimum absolute atomic E-state index is 0.0520. The molecule has 5 heteroatoms. The van der Waals surface area contributed by atoms with Crippen LogP contribution in [0.2, 0.25) is 0 Å². The van der Waals surface area contributed by atoms with Crippen LogP contribution in [0.25, 0.3) is 0 Å². The molecule has 3 unspecified atom stereocenters. The smallest absolute Gasteiger partial charge is 0.187 e. The van der Waals surface area contributed by atoms with Gasteiger partial charge in [-0.2, -0.15) is 0 Å². The highest BCUT2D eigenvalue weighted by Gasteiger charge is 2.35. The summed E-state index contributed by atoms with van der Waals surface area (Å²) in [6.07, 6.45) is 3.14. The van der Waals surface area contributed by atoms with Gasteiger partial charge in [0.15, 0.2) is 24.3 Å². The Kier molecular flexibility index (Phi) is 1.65. The predicted octanol–water partition coefficient (Wildman–Crippen LogP) is -2.40. The molecular formula is C7H10N4O. The summed E-state index contributed by atoms with van der Waals surface area (Å²) < 4.78 is 0. The highest BCUT2D eigenvalue weighted by molar-refractivity contribution is 5.90. The van der Waals surface area contributed by atoms with E-state index in [1.54, 1.807) is 12.7 Å². The van der Waals surface area contributed by atoms with E-state index in [4.69, 9.17) is 0 Å². The summed E-state index contributed by atoms with van der Waals surface area (Å²) in [6.45, 7) is 0.221. The quantitative estimate of drug-likeness (QED) is 0.394. The second-order valence-corrected chi connectivity index (χ2v) is 2.88. The maximum atomic E-state index is 11.3. The van der Waals surface area contributed by atoms with E-state index in [9.17, 15) is 4.79 Å². The van der Waals surface area contributed by atoms with Crippen LogP contribution in [0.1, 0.15) is 0 Å². The number of fused-ring (bicyclic) bond motifs is 1. The number of rotatable bonds is 0. The molecular weight excluding hydrogens is 156 g/mol. The second kappa shape index (κ2) is 2.67. The van der Waals surface area contributed by atoms with Gasteiger partial charge in [-0.1, -0.05) is 0 Å². The first-order valence-electron chi connectivity index (χ1n) is 3.78. The number of ketones is 1. The average Bonchev–Trinajstić information content (AvgIpc) is 2.30. The monoisotopic (exact) mass is 166 g/mol. The lowest BCUT2D eigenvalue weighted by molar-refractivity contribution is -0.773. The standard InChI is InChI=1S/C7H10N4O/c1-11-4-10-6-5(12)2-8-3-9-7(6)11/h3-4,6-7,11H,1-2H2,(H,8,9). The van der Waals surface area contributed by atoms with Gasteiger partial charge >= 0.3 is 0 Å². The molecule has 2 aliphatic heterocycles. The van der Waals surface area contributed by atoms with Crippen LogP contribution in [0.3, 0.4) is 0 Å². The van der Waals surface area contributed by atoms with Crippen LogP contribution in [-0.4, -0.2) is 37.2 Å². The van der Waals surface area contributed by atoms with Crippen molar-refractivity contribution in [2.24, 2.45) is 9.98 Å². The lowest BCUT2D eigenvalue weighted by atomic mass is 10.1. The minimum atomic E-state index is -0.306. The molecule has 2 aliphatic rings. The molecule has 64 valence electrons. The zero-order valence-corrected chi connectivity index (χ0v) is 6.53. The van der Waals surface area contributed by atoms with E-state index in [1.165, 1.54) is 0 Å². The summed E-state index contributed by atoms with van der Waals surface area (Å²) in [5, 5.41) is 2.99. The number of hydrogen-bond acceptors (Lipinski definition) is 4. The molecule has 0 aromatic heterocycles. The van der Waals surface area contributed by atoms with Gasteiger partial charge in [0, 0.05) is 0 Å². The van der Waals surface area contributed by atoms with Crippen molar-refractivity contribution in [1.82, 2.24) is 5.32 Å². The second-order valence-electron chi connectivity index (χ2n) is 2.88. The molecule has 0 fully saturated rings. The molecule has 0 bridgehead atoms. The number of nitrogens with zero attached hydrogens (tertiary/aromatic N) is 2. The van der Waals surface area contributed by atoms with E-state index in [0.29, 0.717) is 0 Å². The molecule has 12 heavy (non-hydrogen) atoms. The Hall–Kier alpha value is -1.23. The first-order chi connectivity index (χ1) is 5.79. The van der Waals surface area contributed by atoms with Gasteiger partial charge in [-0.15, -0.1) is 7.05 Å². The molecule has 5 nitrogen and oxygen atoms in total. The van der Waals surface area contributed by atoms with Crippen LogP contribution < -0.4 is 10.2 Å². The minimum Gasteiger partial charge on any atom is -0.403 e. The molecule has 0 amide bonds. The zero-order valence-electron chi connectivity index (χ0n) is 6.53. The van der Waals surface area contributed by atoms with Crippen LogP contribution in [0.4, 0.5) is 0 Å². The van der Waals surface area contributed by atoms with Gasteiger partial charge in [0.2, 0.25) is 0 Å². The lowest BCUT2D eigenvalue weighted by Gasteiger charge is -2.21. The van der Waals surface area contributed by atoms with Gasteiger partial charge in [0.1, 0.15) is 6.54 Å².